The molecule has 0 saturated heterocycles. The molecule has 0 saturated carbocycles. The molecule has 2 aromatic rings. The van der Waals surface area contributed by atoms with E-state index in [1.807, 2.05) is 25.1 Å². The van der Waals surface area contributed by atoms with Crippen LogP contribution >= 0.6 is 15.9 Å². The number of aryl methyl sites for hydroxylation is 1. The molecule has 0 unspecified atom stereocenters. The van der Waals surface area contributed by atoms with Crippen molar-refractivity contribution >= 4 is 26.7 Å². The fourth-order valence-electron chi connectivity index (χ4n) is 1.43. The molecule has 0 heterocycles. The van der Waals surface area contributed by atoms with Gasteiger partial charge in [0, 0.05) is 9.86 Å². The van der Waals surface area contributed by atoms with Crippen molar-refractivity contribution in [3.8, 4) is 0 Å². The summed E-state index contributed by atoms with van der Waals surface area (Å²) >= 11 is 3.45. The first kappa shape index (κ1) is 8.70. The Balaban J connectivity index is 2.97. The standard InChI is InChI=1S/C11H8BrF/c1-7-6-10(13)8-4-2-3-5-9(8)11(7)12/h2-6H,1H3. The van der Waals surface area contributed by atoms with Crippen molar-refractivity contribution in [1.82, 2.24) is 0 Å². The van der Waals surface area contributed by atoms with Crippen LogP contribution in [-0.4, -0.2) is 0 Å². The Hall–Kier alpha value is -0.890. The fourth-order valence-corrected chi connectivity index (χ4v) is 1.89. The fraction of sp³-hybridized carbons (Fsp3) is 0.0909. The predicted molar refractivity (Wildman–Crippen MR) is 56.3 cm³/mol. The van der Waals surface area contributed by atoms with E-state index >= 15 is 0 Å². The number of rotatable bonds is 0. The Labute approximate surface area is 84.5 Å². The Morgan fingerprint density at radius 3 is 2.46 bits per heavy atom. The molecule has 2 heteroatoms. The Morgan fingerprint density at radius 1 is 1.15 bits per heavy atom. The molecule has 0 aliphatic heterocycles. The van der Waals surface area contributed by atoms with Gasteiger partial charge >= 0.3 is 0 Å². The lowest BCUT2D eigenvalue weighted by Crippen LogP contribution is -1.84. The van der Waals surface area contributed by atoms with Crippen LogP contribution in [0.2, 0.25) is 0 Å². The van der Waals surface area contributed by atoms with Crippen molar-refractivity contribution in [2.45, 2.75) is 6.92 Å². The molecule has 0 N–H and O–H groups in total. The van der Waals surface area contributed by atoms with E-state index in [1.165, 1.54) is 0 Å². The second kappa shape index (κ2) is 3.11. The zero-order chi connectivity index (χ0) is 9.42. The monoisotopic (exact) mass is 238 g/mol. The van der Waals surface area contributed by atoms with Crippen molar-refractivity contribution in [2.24, 2.45) is 0 Å². The van der Waals surface area contributed by atoms with Crippen LogP contribution in [0.5, 0.6) is 0 Å². The first-order valence-electron chi connectivity index (χ1n) is 4.03. The second-order valence-corrected chi connectivity index (χ2v) is 3.83. The second-order valence-electron chi connectivity index (χ2n) is 3.03. The average Bonchev–Trinajstić information content (AvgIpc) is 2.15. The first-order valence-corrected chi connectivity index (χ1v) is 4.83. The van der Waals surface area contributed by atoms with Gasteiger partial charge in [-0.2, -0.15) is 0 Å². The minimum absolute atomic E-state index is 0.156. The SMILES string of the molecule is Cc1cc(F)c2ccccc2c1Br. The van der Waals surface area contributed by atoms with E-state index < -0.39 is 0 Å². The van der Waals surface area contributed by atoms with Gasteiger partial charge in [0.2, 0.25) is 0 Å². The summed E-state index contributed by atoms with van der Waals surface area (Å²) in [4.78, 5) is 0. The van der Waals surface area contributed by atoms with Crippen molar-refractivity contribution in [2.75, 3.05) is 0 Å². The highest BCUT2D eigenvalue weighted by molar-refractivity contribution is 9.10. The number of hydrogen-bond acceptors (Lipinski definition) is 0. The van der Waals surface area contributed by atoms with E-state index in [1.54, 1.807) is 12.1 Å². The van der Waals surface area contributed by atoms with Gasteiger partial charge < -0.3 is 0 Å². The molecule has 0 aliphatic carbocycles. The van der Waals surface area contributed by atoms with Crippen LogP contribution in [0.15, 0.2) is 34.8 Å². The molecule has 0 fully saturated rings. The van der Waals surface area contributed by atoms with Crippen LogP contribution in [0.25, 0.3) is 10.8 Å². The molecule has 0 aromatic heterocycles. The summed E-state index contributed by atoms with van der Waals surface area (Å²) in [6.07, 6.45) is 0. The molecule has 0 spiro atoms. The lowest BCUT2D eigenvalue weighted by molar-refractivity contribution is 0.638. The zero-order valence-corrected chi connectivity index (χ0v) is 8.73. The molecule has 0 radical (unpaired) electrons. The van der Waals surface area contributed by atoms with Gasteiger partial charge in [-0.25, -0.2) is 4.39 Å². The summed E-state index contributed by atoms with van der Waals surface area (Å²) in [6.45, 7) is 1.89. The number of benzene rings is 2. The van der Waals surface area contributed by atoms with Gasteiger partial charge in [-0.15, -0.1) is 0 Å². The molecule has 66 valence electrons. The van der Waals surface area contributed by atoms with E-state index in [-0.39, 0.29) is 5.82 Å². The van der Waals surface area contributed by atoms with Gasteiger partial charge in [0.05, 0.1) is 0 Å². The third kappa shape index (κ3) is 1.35. The van der Waals surface area contributed by atoms with Gasteiger partial charge in [-0.05, 0) is 39.9 Å². The van der Waals surface area contributed by atoms with E-state index in [0.717, 1.165) is 15.4 Å². The van der Waals surface area contributed by atoms with Gasteiger partial charge in [0.15, 0.2) is 0 Å². The van der Waals surface area contributed by atoms with Crippen LogP contribution in [0, 0.1) is 12.7 Å². The van der Waals surface area contributed by atoms with Crippen LogP contribution in [0.3, 0.4) is 0 Å². The molecule has 0 atom stereocenters. The molecular weight excluding hydrogens is 231 g/mol. The van der Waals surface area contributed by atoms with Gasteiger partial charge in [-0.1, -0.05) is 24.3 Å². The van der Waals surface area contributed by atoms with E-state index in [2.05, 4.69) is 15.9 Å². The highest BCUT2D eigenvalue weighted by atomic mass is 79.9. The van der Waals surface area contributed by atoms with Crippen LogP contribution in [-0.2, 0) is 0 Å². The topological polar surface area (TPSA) is 0 Å². The van der Waals surface area contributed by atoms with Crippen molar-refractivity contribution < 1.29 is 4.39 Å². The molecule has 0 nitrogen and oxygen atoms in total. The highest BCUT2D eigenvalue weighted by Crippen LogP contribution is 2.29. The normalized spacial score (nSPS) is 10.7. The Morgan fingerprint density at radius 2 is 1.77 bits per heavy atom. The Kier molecular flexibility index (Phi) is 2.08. The lowest BCUT2D eigenvalue weighted by Gasteiger charge is -2.04. The van der Waals surface area contributed by atoms with Crippen molar-refractivity contribution in [3.63, 3.8) is 0 Å². The lowest BCUT2D eigenvalue weighted by atomic mass is 10.1. The molecular formula is C11H8BrF. The maximum absolute atomic E-state index is 13.4. The molecule has 2 rings (SSSR count). The summed E-state index contributed by atoms with van der Waals surface area (Å²) in [5.74, 6) is -0.156. The minimum atomic E-state index is -0.156. The van der Waals surface area contributed by atoms with Gasteiger partial charge in [-0.3, -0.25) is 0 Å². The van der Waals surface area contributed by atoms with Crippen molar-refractivity contribution in [1.29, 1.82) is 0 Å². The Bertz CT molecular complexity index is 463. The van der Waals surface area contributed by atoms with Crippen LogP contribution in [0.4, 0.5) is 4.39 Å². The minimum Gasteiger partial charge on any atom is -0.206 e. The molecule has 0 aliphatic rings. The maximum atomic E-state index is 13.4. The van der Waals surface area contributed by atoms with Gasteiger partial charge in [0.25, 0.3) is 0 Å². The van der Waals surface area contributed by atoms with E-state index in [4.69, 9.17) is 0 Å². The summed E-state index contributed by atoms with van der Waals surface area (Å²) in [5, 5.41) is 1.60. The quantitative estimate of drug-likeness (QED) is 0.650. The maximum Gasteiger partial charge on any atom is 0.131 e. The summed E-state index contributed by atoms with van der Waals surface area (Å²) in [5.41, 5.74) is 0.927. The van der Waals surface area contributed by atoms with Crippen LogP contribution < -0.4 is 0 Å². The molecule has 0 bridgehead atoms. The smallest absolute Gasteiger partial charge is 0.131 e. The van der Waals surface area contributed by atoms with E-state index in [9.17, 15) is 4.39 Å². The predicted octanol–water partition coefficient (Wildman–Crippen LogP) is 4.05. The summed E-state index contributed by atoms with van der Waals surface area (Å²) < 4.78 is 14.4. The molecule has 2 aromatic carbocycles. The van der Waals surface area contributed by atoms with Crippen molar-refractivity contribution in [3.05, 3.63) is 46.2 Å². The largest absolute Gasteiger partial charge is 0.206 e. The molecule has 13 heavy (non-hydrogen) atoms. The van der Waals surface area contributed by atoms with Crippen LogP contribution in [0.1, 0.15) is 5.56 Å². The molecule has 0 amide bonds. The average molecular weight is 239 g/mol. The first-order chi connectivity index (χ1) is 6.20. The third-order valence-corrected chi connectivity index (χ3v) is 3.16. The number of fused-ring (bicyclic) bond motifs is 1. The highest BCUT2D eigenvalue weighted by Gasteiger charge is 2.05. The third-order valence-electron chi connectivity index (χ3n) is 2.11. The van der Waals surface area contributed by atoms with E-state index in [0.29, 0.717) is 5.39 Å². The summed E-state index contributed by atoms with van der Waals surface area (Å²) in [6, 6.07) is 9.00. The number of hydrogen-bond donors (Lipinski definition) is 0. The summed E-state index contributed by atoms with van der Waals surface area (Å²) in [7, 11) is 0. The number of halogens is 2. The zero-order valence-electron chi connectivity index (χ0n) is 7.14. The van der Waals surface area contributed by atoms with Gasteiger partial charge in [0.1, 0.15) is 5.82 Å².